The quantitative estimate of drug-likeness (QED) is 0.0924. The second-order valence-electron chi connectivity index (χ2n) is 11.3. The first kappa shape index (κ1) is 26.7. The Morgan fingerprint density at radius 1 is 0.977 bits per heavy atom. The molecule has 3 atom stereocenters. The minimum atomic E-state index is -0.400. The molecule has 6 heteroatoms. The molecule has 0 unspecified atom stereocenters. The number of hydrogen-bond acceptors (Lipinski definition) is 5. The van der Waals surface area contributed by atoms with E-state index in [4.69, 9.17) is 9.73 Å². The molecule has 0 saturated carbocycles. The normalized spacial score (nSPS) is 18.8. The summed E-state index contributed by atoms with van der Waals surface area (Å²) in [6.45, 7) is 2.45. The number of non-ortho nitro benzene ring substituents is 1. The predicted molar refractivity (Wildman–Crippen MR) is 173 cm³/mol. The molecule has 5 aromatic rings. The second kappa shape index (κ2) is 11.2. The number of nitrogens with one attached hydrogen (secondary N) is 1. The van der Waals surface area contributed by atoms with Gasteiger partial charge in [0.2, 0.25) is 0 Å². The molecule has 0 amide bonds. The van der Waals surface area contributed by atoms with E-state index >= 15 is 0 Å². The maximum absolute atomic E-state index is 11.0. The van der Waals surface area contributed by atoms with Gasteiger partial charge in [0.25, 0.3) is 5.69 Å². The number of allylic oxidation sites excluding steroid dienone is 2. The van der Waals surface area contributed by atoms with Crippen molar-refractivity contribution in [2.45, 2.75) is 31.9 Å². The van der Waals surface area contributed by atoms with Crippen LogP contribution in [0.1, 0.15) is 46.2 Å². The maximum atomic E-state index is 11.0. The molecule has 0 fully saturated rings. The Morgan fingerprint density at radius 2 is 1.79 bits per heavy atom. The highest BCUT2D eigenvalue weighted by atomic mass is 16.6. The van der Waals surface area contributed by atoms with Crippen molar-refractivity contribution in [3.8, 4) is 5.75 Å². The molecule has 6 nitrogen and oxygen atoms in total. The summed E-state index contributed by atoms with van der Waals surface area (Å²) < 4.78 is 6.22. The first-order valence-corrected chi connectivity index (χ1v) is 14.6. The van der Waals surface area contributed by atoms with Gasteiger partial charge in [-0.05, 0) is 83.1 Å². The second-order valence-corrected chi connectivity index (χ2v) is 11.3. The third kappa shape index (κ3) is 5.28. The molecule has 1 aliphatic heterocycles. The number of aryl methyl sites for hydroxylation is 1. The van der Waals surface area contributed by atoms with Crippen molar-refractivity contribution in [1.82, 2.24) is 0 Å². The zero-order chi connectivity index (χ0) is 29.3. The number of aliphatic imine (C=N–C) groups is 1. The average Bonchev–Trinajstić information content (AvgIpc) is 3.54. The van der Waals surface area contributed by atoms with Gasteiger partial charge in [0, 0.05) is 35.5 Å². The Labute approximate surface area is 250 Å². The van der Waals surface area contributed by atoms with Gasteiger partial charge < -0.3 is 10.1 Å². The van der Waals surface area contributed by atoms with Crippen molar-refractivity contribution < 1.29 is 9.66 Å². The molecule has 0 spiro atoms. The van der Waals surface area contributed by atoms with Gasteiger partial charge in [-0.15, -0.1) is 0 Å². The Morgan fingerprint density at radius 3 is 2.60 bits per heavy atom. The molecule has 0 radical (unpaired) electrons. The summed E-state index contributed by atoms with van der Waals surface area (Å²) in [4.78, 5) is 15.5. The predicted octanol–water partition coefficient (Wildman–Crippen LogP) is 9.21. The number of anilines is 1. The Bertz CT molecular complexity index is 1880. The zero-order valence-electron chi connectivity index (χ0n) is 23.8. The summed E-state index contributed by atoms with van der Waals surface area (Å²) in [6, 6.07) is 34.1. The molecule has 43 heavy (non-hydrogen) atoms. The van der Waals surface area contributed by atoms with Crippen molar-refractivity contribution in [1.29, 1.82) is 0 Å². The molecule has 212 valence electrons. The van der Waals surface area contributed by atoms with Gasteiger partial charge in [-0.1, -0.05) is 72.3 Å². The molecule has 0 aromatic heterocycles. The first-order valence-electron chi connectivity index (χ1n) is 14.6. The van der Waals surface area contributed by atoms with Crippen LogP contribution in [0.4, 0.5) is 17.1 Å². The van der Waals surface area contributed by atoms with Crippen LogP contribution >= 0.6 is 0 Å². The van der Waals surface area contributed by atoms with E-state index < -0.39 is 4.92 Å². The Hall–Kier alpha value is -5.23. The van der Waals surface area contributed by atoms with Gasteiger partial charge >= 0.3 is 0 Å². The van der Waals surface area contributed by atoms with E-state index in [1.54, 1.807) is 12.1 Å². The minimum Gasteiger partial charge on any atom is -0.488 e. The van der Waals surface area contributed by atoms with Gasteiger partial charge in [0.15, 0.2) is 0 Å². The smallest absolute Gasteiger partial charge is 0.269 e. The molecule has 5 aromatic carbocycles. The highest BCUT2D eigenvalue weighted by molar-refractivity contribution is 6.03. The van der Waals surface area contributed by atoms with Crippen LogP contribution in [0.2, 0.25) is 0 Å². The summed E-state index contributed by atoms with van der Waals surface area (Å²) in [6.07, 6.45) is 7.64. The van der Waals surface area contributed by atoms with Crippen molar-refractivity contribution in [2.75, 3.05) is 5.32 Å². The summed E-state index contributed by atoms with van der Waals surface area (Å²) in [7, 11) is 0. The Balaban J connectivity index is 1.13. The molecule has 0 bridgehead atoms. The SMILES string of the molecule is Cc1ccc2c(c1)[C@@H]1C=CC[C@H]1[C@H](c1ccc(N=Cc3c(OCc4ccc([N+](=O)[O-])cc4)ccc4ccccc34)cc1)N2. The summed E-state index contributed by atoms with van der Waals surface area (Å²) in [5, 5.41) is 17.0. The molecule has 0 saturated heterocycles. The van der Waals surface area contributed by atoms with Crippen molar-refractivity contribution in [3.63, 3.8) is 0 Å². The molecule has 7 rings (SSSR count). The standard InChI is InChI=1S/C37H31N3O3/c1-24-9-19-35-33(21-24)31-7-4-8-32(31)37(39-35)27-12-15-28(16-13-27)38-22-34-30-6-3-2-5-26(30)14-20-36(34)43-23-25-10-17-29(18-11-25)40(41)42/h2-7,9-22,31-32,37,39H,8,23H2,1H3/t31-,32-,37+/m1/s1. The van der Waals surface area contributed by atoms with E-state index in [-0.39, 0.29) is 11.7 Å². The van der Waals surface area contributed by atoms with Crippen LogP contribution in [0.5, 0.6) is 5.75 Å². The summed E-state index contributed by atoms with van der Waals surface area (Å²) in [5.74, 6) is 1.64. The highest BCUT2D eigenvalue weighted by Gasteiger charge is 2.37. The molecule has 2 aliphatic rings. The third-order valence-electron chi connectivity index (χ3n) is 8.59. The number of fused-ring (bicyclic) bond motifs is 4. The lowest BCUT2D eigenvalue weighted by molar-refractivity contribution is -0.384. The van der Waals surface area contributed by atoms with Crippen LogP contribution in [0.25, 0.3) is 10.8 Å². The van der Waals surface area contributed by atoms with Gasteiger partial charge in [-0.2, -0.15) is 0 Å². The summed E-state index contributed by atoms with van der Waals surface area (Å²) >= 11 is 0. The lowest BCUT2D eigenvalue weighted by Gasteiger charge is -2.37. The number of nitro groups is 1. The average molecular weight is 566 g/mol. The first-order chi connectivity index (χ1) is 21.0. The fourth-order valence-corrected chi connectivity index (χ4v) is 6.36. The van der Waals surface area contributed by atoms with Gasteiger partial charge in [0.1, 0.15) is 12.4 Å². The van der Waals surface area contributed by atoms with Crippen LogP contribution in [0.15, 0.2) is 120 Å². The van der Waals surface area contributed by atoms with E-state index in [1.807, 2.05) is 30.5 Å². The van der Waals surface area contributed by atoms with Gasteiger partial charge in [-0.25, -0.2) is 0 Å². The topological polar surface area (TPSA) is 76.8 Å². The van der Waals surface area contributed by atoms with Crippen molar-refractivity contribution in [3.05, 3.63) is 153 Å². The molecule has 1 heterocycles. The fraction of sp³-hybridized carbons (Fsp3) is 0.162. The van der Waals surface area contributed by atoms with E-state index in [9.17, 15) is 10.1 Å². The van der Waals surface area contributed by atoms with Crippen LogP contribution in [0, 0.1) is 23.0 Å². The van der Waals surface area contributed by atoms with Crippen LogP contribution < -0.4 is 10.1 Å². The Kier molecular flexibility index (Phi) is 6.95. The van der Waals surface area contributed by atoms with Crippen molar-refractivity contribution in [2.24, 2.45) is 10.9 Å². The highest BCUT2D eigenvalue weighted by Crippen LogP contribution is 2.50. The number of hydrogen-bond donors (Lipinski definition) is 1. The van der Waals surface area contributed by atoms with Crippen LogP contribution in [-0.2, 0) is 6.61 Å². The largest absolute Gasteiger partial charge is 0.488 e. The van der Waals surface area contributed by atoms with E-state index in [2.05, 4.69) is 79.0 Å². The lowest BCUT2D eigenvalue weighted by atomic mass is 9.76. The zero-order valence-corrected chi connectivity index (χ0v) is 23.8. The third-order valence-corrected chi connectivity index (χ3v) is 8.59. The number of benzene rings is 5. The maximum Gasteiger partial charge on any atom is 0.269 e. The number of ether oxygens (including phenoxy) is 1. The van der Waals surface area contributed by atoms with Gasteiger partial charge in [-0.3, -0.25) is 15.1 Å². The summed E-state index contributed by atoms with van der Waals surface area (Å²) in [5.41, 5.74) is 7.86. The van der Waals surface area contributed by atoms with E-state index in [1.165, 1.54) is 34.5 Å². The monoisotopic (exact) mass is 565 g/mol. The van der Waals surface area contributed by atoms with Crippen LogP contribution in [-0.4, -0.2) is 11.1 Å². The molecular weight excluding hydrogens is 534 g/mol. The van der Waals surface area contributed by atoms with Gasteiger partial charge in [0.05, 0.1) is 16.7 Å². The van der Waals surface area contributed by atoms with Crippen molar-refractivity contribution >= 4 is 34.0 Å². The molecule has 1 aliphatic carbocycles. The van der Waals surface area contributed by atoms with E-state index in [0.29, 0.717) is 24.2 Å². The van der Waals surface area contributed by atoms with E-state index in [0.717, 1.165) is 34.0 Å². The van der Waals surface area contributed by atoms with Crippen LogP contribution in [0.3, 0.4) is 0 Å². The number of rotatable bonds is 7. The minimum absolute atomic E-state index is 0.0622. The molecular formula is C37H31N3O3. The fourth-order valence-electron chi connectivity index (χ4n) is 6.36. The number of nitro benzene ring substituents is 1. The molecule has 1 N–H and O–H groups in total. The lowest BCUT2D eigenvalue weighted by Crippen LogP contribution is -2.29. The number of nitrogens with zero attached hydrogens (tertiary/aromatic N) is 2.